The number of nitrogens with one attached hydrogen (secondary N) is 1. The molecule has 1 aromatic carbocycles. The maximum absolute atomic E-state index is 13.0. The van der Waals surface area contributed by atoms with Gasteiger partial charge in [-0.1, -0.05) is 11.6 Å². The SMILES string of the molecule is Cn1cc([C@H]2OCC[C@@H]2NC(=O)COc2ccc(F)cc2Cl)cn1. The molecule has 1 saturated heterocycles. The molecule has 2 aromatic rings. The van der Waals surface area contributed by atoms with Gasteiger partial charge >= 0.3 is 0 Å². The zero-order valence-electron chi connectivity index (χ0n) is 13.0. The predicted molar refractivity (Wildman–Crippen MR) is 85.4 cm³/mol. The second-order valence-electron chi connectivity index (χ2n) is 5.56. The van der Waals surface area contributed by atoms with Crippen LogP contribution in [0, 0.1) is 5.82 Å². The standard InChI is InChI=1S/C16H17ClFN3O3/c1-21-8-10(7-19-21)16-13(4-5-23-16)20-15(22)9-24-14-3-2-11(18)6-12(14)17/h2-3,6-8,13,16H,4-5,9H2,1H3,(H,20,22)/t13-,16+/m0/s1. The first-order chi connectivity index (χ1) is 11.5. The van der Waals surface area contributed by atoms with Gasteiger partial charge in [0.1, 0.15) is 17.7 Å². The van der Waals surface area contributed by atoms with Gasteiger partial charge in [-0.25, -0.2) is 4.39 Å². The summed E-state index contributed by atoms with van der Waals surface area (Å²) >= 11 is 5.86. The molecule has 1 amide bonds. The molecule has 8 heteroatoms. The zero-order valence-corrected chi connectivity index (χ0v) is 13.8. The Balaban J connectivity index is 1.56. The van der Waals surface area contributed by atoms with E-state index in [0.29, 0.717) is 13.0 Å². The van der Waals surface area contributed by atoms with Crippen molar-refractivity contribution in [2.45, 2.75) is 18.6 Å². The lowest BCUT2D eigenvalue weighted by Gasteiger charge is -2.19. The summed E-state index contributed by atoms with van der Waals surface area (Å²) in [4.78, 5) is 12.1. The molecule has 128 valence electrons. The van der Waals surface area contributed by atoms with Gasteiger partial charge in [-0.3, -0.25) is 9.48 Å². The molecule has 0 bridgehead atoms. The Morgan fingerprint density at radius 1 is 1.58 bits per heavy atom. The summed E-state index contributed by atoms with van der Waals surface area (Å²) in [7, 11) is 1.83. The topological polar surface area (TPSA) is 65.4 Å². The van der Waals surface area contributed by atoms with Gasteiger partial charge in [0.2, 0.25) is 0 Å². The third-order valence-electron chi connectivity index (χ3n) is 3.74. The van der Waals surface area contributed by atoms with E-state index in [1.54, 1.807) is 10.9 Å². The van der Waals surface area contributed by atoms with Gasteiger partial charge in [0.05, 0.1) is 17.3 Å². The number of aromatic nitrogens is 2. The number of aryl methyl sites for hydroxylation is 1. The molecule has 6 nitrogen and oxygen atoms in total. The minimum absolute atomic E-state index is 0.125. The third-order valence-corrected chi connectivity index (χ3v) is 4.04. The van der Waals surface area contributed by atoms with E-state index in [0.717, 1.165) is 11.6 Å². The van der Waals surface area contributed by atoms with E-state index in [1.807, 2.05) is 13.2 Å². The Morgan fingerprint density at radius 2 is 2.42 bits per heavy atom. The molecule has 1 N–H and O–H groups in total. The number of hydrogen-bond donors (Lipinski definition) is 1. The highest BCUT2D eigenvalue weighted by atomic mass is 35.5. The van der Waals surface area contributed by atoms with Crippen molar-refractivity contribution in [3.05, 3.63) is 47.0 Å². The molecule has 0 unspecified atom stereocenters. The summed E-state index contributed by atoms with van der Waals surface area (Å²) in [5.41, 5.74) is 0.919. The van der Waals surface area contributed by atoms with Crippen LogP contribution in [0.4, 0.5) is 4.39 Å². The number of ether oxygens (including phenoxy) is 2. The van der Waals surface area contributed by atoms with Crippen LogP contribution in [-0.2, 0) is 16.6 Å². The molecule has 1 aliphatic heterocycles. The first kappa shape index (κ1) is 16.7. The van der Waals surface area contributed by atoms with Gasteiger partial charge in [0, 0.05) is 25.4 Å². The van der Waals surface area contributed by atoms with E-state index in [4.69, 9.17) is 21.1 Å². The van der Waals surface area contributed by atoms with Crippen molar-refractivity contribution < 1.29 is 18.7 Å². The van der Waals surface area contributed by atoms with Crippen LogP contribution in [0.15, 0.2) is 30.6 Å². The number of carbonyl (C=O) groups is 1. The van der Waals surface area contributed by atoms with E-state index in [1.165, 1.54) is 12.1 Å². The highest BCUT2D eigenvalue weighted by molar-refractivity contribution is 6.32. The molecule has 3 rings (SSSR count). The molecule has 0 radical (unpaired) electrons. The largest absolute Gasteiger partial charge is 0.482 e. The fourth-order valence-electron chi connectivity index (χ4n) is 2.64. The lowest BCUT2D eigenvalue weighted by molar-refractivity contribution is -0.124. The van der Waals surface area contributed by atoms with Crippen molar-refractivity contribution in [2.24, 2.45) is 7.05 Å². The molecule has 2 heterocycles. The highest BCUT2D eigenvalue weighted by Gasteiger charge is 2.31. The van der Waals surface area contributed by atoms with Crippen LogP contribution in [0.25, 0.3) is 0 Å². The Morgan fingerprint density at radius 3 is 3.12 bits per heavy atom. The minimum Gasteiger partial charge on any atom is -0.482 e. The lowest BCUT2D eigenvalue weighted by Crippen LogP contribution is -2.39. The van der Waals surface area contributed by atoms with Crippen molar-refractivity contribution in [1.82, 2.24) is 15.1 Å². The van der Waals surface area contributed by atoms with E-state index in [9.17, 15) is 9.18 Å². The van der Waals surface area contributed by atoms with Gasteiger partial charge in [0.25, 0.3) is 5.91 Å². The number of halogens is 2. The molecule has 2 atom stereocenters. The number of hydrogen-bond acceptors (Lipinski definition) is 4. The van der Waals surface area contributed by atoms with E-state index >= 15 is 0 Å². The Hall–Kier alpha value is -2.12. The third kappa shape index (κ3) is 3.85. The maximum atomic E-state index is 13.0. The van der Waals surface area contributed by atoms with Crippen molar-refractivity contribution >= 4 is 17.5 Å². The quantitative estimate of drug-likeness (QED) is 0.895. The average Bonchev–Trinajstić information content (AvgIpc) is 3.15. The maximum Gasteiger partial charge on any atom is 0.258 e. The lowest BCUT2D eigenvalue weighted by atomic mass is 10.1. The van der Waals surface area contributed by atoms with Crippen LogP contribution in [0.3, 0.4) is 0 Å². The van der Waals surface area contributed by atoms with Crippen LogP contribution < -0.4 is 10.1 Å². The summed E-state index contributed by atoms with van der Waals surface area (Å²) in [6.45, 7) is 0.358. The Labute approximate surface area is 143 Å². The normalized spacial score (nSPS) is 20.1. The number of amides is 1. The second-order valence-corrected chi connectivity index (χ2v) is 5.97. The van der Waals surface area contributed by atoms with Crippen molar-refractivity contribution in [3.63, 3.8) is 0 Å². The molecule has 0 saturated carbocycles. The predicted octanol–water partition coefficient (Wildman–Crippen LogP) is 2.24. The average molecular weight is 354 g/mol. The first-order valence-electron chi connectivity index (χ1n) is 7.50. The molecule has 0 spiro atoms. The van der Waals surface area contributed by atoms with Gasteiger partial charge in [-0.2, -0.15) is 5.10 Å². The molecular formula is C16H17ClFN3O3. The fraction of sp³-hybridized carbons (Fsp3) is 0.375. The van der Waals surface area contributed by atoms with E-state index < -0.39 is 5.82 Å². The van der Waals surface area contributed by atoms with Gasteiger partial charge in [-0.05, 0) is 24.6 Å². The smallest absolute Gasteiger partial charge is 0.258 e. The number of benzene rings is 1. The highest BCUT2D eigenvalue weighted by Crippen LogP contribution is 2.29. The van der Waals surface area contributed by atoms with Crippen molar-refractivity contribution in [1.29, 1.82) is 0 Å². The number of nitrogens with zero attached hydrogens (tertiary/aromatic N) is 2. The van der Waals surface area contributed by atoms with E-state index in [2.05, 4.69) is 10.4 Å². The Kier molecular flexibility index (Phi) is 5.01. The van der Waals surface area contributed by atoms with Crippen molar-refractivity contribution in [2.75, 3.05) is 13.2 Å². The fourth-order valence-corrected chi connectivity index (χ4v) is 2.86. The molecular weight excluding hydrogens is 337 g/mol. The van der Waals surface area contributed by atoms with Gasteiger partial charge < -0.3 is 14.8 Å². The summed E-state index contributed by atoms with van der Waals surface area (Å²) in [5.74, 6) is -0.487. The summed E-state index contributed by atoms with van der Waals surface area (Å²) in [6, 6.07) is 3.61. The molecule has 0 aliphatic carbocycles. The molecule has 1 aromatic heterocycles. The van der Waals surface area contributed by atoms with Crippen LogP contribution in [0.5, 0.6) is 5.75 Å². The van der Waals surface area contributed by atoms with Gasteiger partial charge in [0.15, 0.2) is 6.61 Å². The number of rotatable bonds is 5. The number of carbonyl (C=O) groups excluding carboxylic acids is 1. The van der Waals surface area contributed by atoms with Crippen LogP contribution >= 0.6 is 11.6 Å². The summed E-state index contributed by atoms with van der Waals surface area (Å²) in [6.07, 6.45) is 4.08. The van der Waals surface area contributed by atoms with E-state index in [-0.39, 0.29) is 35.4 Å². The summed E-state index contributed by atoms with van der Waals surface area (Å²) < 4.78 is 25.7. The van der Waals surface area contributed by atoms with Crippen LogP contribution in [0.1, 0.15) is 18.1 Å². The minimum atomic E-state index is -0.459. The van der Waals surface area contributed by atoms with Crippen molar-refractivity contribution in [3.8, 4) is 5.75 Å². The second kappa shape index (κ2) is 7.19. The summed E-state index contributed by atoms with van der Waals surface area (Å²) in [5, 5.41) is 7.14. The van der Waals surface area contributed by atoms with Gasteiger partial charge in [-0.15, -0.1) is 0 Å². The molecule has 1 fully saturated rings. The molecule has 24 heavy (non-hydrogen) atoms. The molecule has 1 aliphatic rings. The van der Waals surface area contributed by atoms with Crippen LogP contribution in [-0.4, -0.2) is 34.9 Å². The van der Waals surface area contributed by atoms with Crippen LogP contribution in [0.2, 0.25) is 5.02 Å². The zero-order chi connectivity index (χ0) is 17.1. The Bertz CT molecular complexity index is 737. The monoisotopic (exact) mass is 353 g/mol. The first-order valence-corrected chi connectivity index (χ1v) is 7.88.